The first-order chi connectivity index (χ1) is 6.29. The second kappa shape index (κ2) is 5.50. The maximum atomic E-state index is 10.1. The average molecular weight is 197 g/mol. The van der Waals surface area contributed by atoms with Crippen LogP contribution in [0.3, 0.4) is 0 Å². The average Bonchev–Trinajstić information content (AvgIpc) is 2.55. The van der Waals surface area contributed by atoms with E-state index in [-0.39, 0.29) is 0 Å². The maximum Gasteiger partial charge on any atom is 0.328 e. The summed E-state index contributed by atoms with van der Waals surface area (Å²) < 4.78 is 0. The standard InChI is InChI=1S/C9H11NO2S/c11-9(12)2-1-4-10-6-8-3-5-13-7-8/h1-3,5,7,10H,4,6H2,(H,11,12)/b2-1+. The Morgan fingerprint density at radius 2 is 2.54 bits per heavy atom. The molecule has 0 bridgehead atoms. The van der Waals surface area contributed by atoms with Crippen LogP contribution in [-0.4, -0.2) is 17.6 Å². The molecule has 0 spiro atoms. The van der Waals surface area contributed by atoms with Crippen molar-refractivity contribution in [3.63, 3.8) is 0 Å². The molecule has 0 fully saturated rings. The minimum Gasteiger partial charge on any atom is -0.478 e. The lowest BCUT2D eigenvalue weighted by Gasteiger charge is -1.96. The molecule has 0 aliphatic carbocycles. The number of aliphatic carboxylic acids is 1. The SMILES string of the molecule is O=C(O)/C=C/CNCc1ccsc1. The van der Waals surface area contributed by atoms with Crippen LogP contribution in [0.2, 0.25) is 0 Å². The van der Waals surface area contributed by atoms with Crippen molar-refractivity contribution in [3.05, 3.63) is 34.5 Å². The summed E-state index contributed by atoms with van der Waals surface area (Å²) in [6, 6.07) is 2.04. The lowest BCUT2D eigenvalue weighted by atomic mass is 10.3. The van der Waals surface area contributed by atoms with E-state index < -0.39 is 5.97 Å². The largest absolute Gasteiger partial charge is 0.478 e. The van der Waals surface area contributed by atoms with Gasteiger partial charge in [0.25, 0.3) is 0 Å². The quantitative estimate of drug-likeness (QED) is 0.555. The number of carbonyl (C=O) groups is 1. The first-order valence-electron chi connectivity index (χ1n) is 3.90. The van der Waals surface area contributed by atoms with E-state index in [1.807, 2.05) is 11.4 Å². The monoisotopic (exact) mass is 197 g/mol. The van der Waals surface area contributed by atoms with E-state index in [1.54, 1.807) is 17.4 Å². The van der Waals surface area contributed by atoms with Crippen LogP contribution in [0.1, 0.15) is 5.56 Å². The van der Waals surface area contributed by atoms with Gasteiger partial charge in [-0.25, -0.2) is 4.79 Å². The molecule has 2 N–H and O–H groups in total. The topological polar surface area (TPSA) is 49.3 Å². The predicted octanol–water partition coefficient (Wildman–Crippen LogP) is 1.48. The Kier molecular flexibility index (Phi) is 4.21. The van der Waals surface area contributed by atoms with Crippen molar-refractivity contribution in [1.82, 2.24) is 5.32 Å². The van der Waals surface area contributed by atoms with Gasteiger partial charge in [-0.3, -0.25) is 0 Å². The third-order valence-corrected chi connectivity index (χ3v) is 2.16. The number of hydrogen-bond donors (Lipinski definition) is 2. The van der Waals surface area contributed by atoms with E-state index in [2.05, 4.69) is 10.7 Å². The van der Waals surface area contributed by atoms with Crippen molar-refractivity contribution >= 4 is 17.3 Å². The van der Waals surface area contributed by atoms with Gasteiger partial charge in [0.2, 0.25) is 0 Å². The molecule has 70 valence electrons. The molecule has 0 aromatic carbocycles. The molecule has 0 unspecified atom stereocenters. The number of carboxylic acid groups (broad SMARTS) is 1. The van der Waals surface area contributed by atoms with E-state index in [4.69, 9.17) is 5.11 Å². The minimum atomic E-state index is -0.905. The third-order valence-electron chi connectivity index (χ3n) is 1.43. The second-order valence-corrected chi connectivity index (χ2v) is 3.28. The maximum absolute atomic E-state index is 10.1. The second-order valence-electron chi connectivity index (χ2n) is 2.50. The zero-order valence-corrected chi connectivity index (χ0v) is 7.88. The lowest BCUT2D eigenvalue weighted by Crippen LogP contribution is -2.12. The van der Waals surface area contributed by atoms with Crippen molar-refractivity contribution < 1.29 is 9.90 Å². The molecule has 0 saturated heterocycles. The highest BCUT2D eigenvalue weighted by Crippen LogP contribution is 2.04. The summed E-state index contributed by atoms with van der Waals surface area (Å²) in [5.74, 6) is -0.905. The summed E-state index contributed by atoms with van der Waals surface area (Å²) in [6.45, 7) is 1.37. The zero-order valence-electron chi connectivity index (χ0n) is 7.06. The molecule has 3 nitrogen and oxygen atoms in total. The van der Waals surface area contributed by atoms with Gasteiger partial charge >= 0.3 is 5.97 Å². The van der Waals surface area contributed by atoms with Gasteiger partial charge in [0, 0.05) is 19.2 Å². The number of nitrogens with one attached hydrogen (secondary N) is 1. The normalized spacial score (nSPS) is 10.8. The van der Waals surface area contributed by atoms with Crippen molar-refractivity contribution in [3.8, 4) is 0 Å². The van der Waals surface area contributed by atoms with Gasteiger partial charge in [-0.15, -0.1) is 0 Å². The van der Waals surface area contributed by atoms with E-state index in [1.165, 1.54) is 5.56 Å². The molecule has 0 amide bonds. The first kappa shape index (κ1) is 9.95. The highest BCUT2D eigenvalue weighted by molar-refractivity contribution is 7.07. The van der Waals surface area contributed by atoms with Crippen molar-refractivity contribution in [1.29, 1.82) is 0 Å². The molecule has 13 heavy (non-hydrogen) atoms. The Bertz CT molecular complexity index is 280. The molecule has 0 aliphatic heterocycles. The first-order valence-corrected chi connectivity index (χ1v) is 4.84. The van der Waals surface area contributed by atoms with E-state index in [9.17, 15) is 4.79 Å². The van der Waals surface area contributed by atoms with Gasteiger partial charge in [0.15, 0.2) is 0 Å². The fraction of sp³-hybridized carbons (Fsp3) is 0.222. The van der Waals surface area contributed by atoms with Crippen LogP contribution in [0.15, 0.2) is 29.0 Å². The lowest BCUT2D eigenvalue weighted by molar-refractivity contribution is -0.131. The molecule has 1 heterocycles. The van der Waals surface area contributed by atoms with Crippen LogP contribution in [0.25, 0.3) is 0 Å². The molecule has 1 aromatic rings. The number of thiophene rings is 1. The Morgan fingerprint density at radius 1 is 1.69 bits per heavy atom. The predicted molar refractivity (Wildman–Crippen MR) is 52.8 cm³/mol. The van der Waals surface area contributed by atoms with E-state index in [0.29, 0.717) is 6.54 Å². The van der Waals surface area contributed by atoms with Crippen LogP contribution in [0.4, 0.5) is 0 Å². The van der Waals surface area contributed by atoms with Gasteiger partial charge in [-0.2, -0.15) is 11.3 Å². The van der Waals surface area contributed by atoms with Gasteiger partial charge in [0.1, 0.15) is 0 Å². The molecule has 0 radical (unpaired) electrons. The summed E-state index contributed by atoms with van der Waals surface area (Å²) in [5.41, 5.74) is 1.23. The molecule has 0 saturated carbocycles. The number of rotatable bonds is 5. The van der Waals surface area contributed by atoms with Gasteiger partial charge in [-0.05, 0) is 22.4 Å². The van der Waals surface area contributed by atoms with E-state index in [0.717, 1.165) is 12.6 Å². The Balaban J connectivity index is 2.12. The van der Waals surface area contributed by atoms with Crippen molar-refractivity contribution in [2.24, 2.45) is 0 Å². The molecular formula is C9H11NO2S. The highest BCUT2D eigenvalue weighted by Gasteiger charge is 1.90. The van der Waals surface area contributed by atoms with Crippen LogP contribution in [-0.2, 0) is 11.3 Å². The Labute approximate surface area is 80.7 Å². The van der Waals surface area contributed by atoms with Crippen molar-refractivity contribution in [2.75, 3.05) is 6.54 Å². The summed E-state index contributed by atoms with van der Waals surface area (Å²) in [6.07, 6.45) is 2.73. The number of hydrogen-bond acceptors (Lipinski definition) is 3. The summed E-state index contributed by atoms with van der Waals surface area (Å²) in [7, 11) is 0. The zero-order chi connectivity index (χ0) is 9.52. The van der Waals surface area contributed by atoms with Crippen LogP contribution < -0.4 is 5.32 Å². The van der Waals surface area contributed by atoms with E-state index >= 15 is 0 Å². The molecule has 0 aliphatic rings. The van der Waals surface area contributed by atoms with Crippen molar-refractivity contribution in [2.45, 2.75) is 6.54 Å². The fourth-order valence-electron chi connectivity index (χ4n) is 0.853. The number of carboxylic acids is 1. The molecule has 4 heteroatoms. The molecule has 1 aromatic heterocycles. The summed E-state index contributed by atoms with van der Waals surface area (Å²) >= 11 is 1.66. The van der Waals surface area contributed by atoms with Gasteiger partial charge in [-0.1, -0.05) is 6.08 Å². The summed E-state index contributed by atoms with van der Waals surface area (Å²) in [4.78, 5) is 10.1. The molecule has 0 atom stereocenters. The van der Waals surface area contributed by atoms with Crippen LogP contribution in [0, 0.1) is 0 Å². The van der Waals surface area contributed by atoms with Crippen LogP contribution >= 0.6 is 11.3 Å². The molecular weight excluding hydrogens is 186 g/mol. The molecule has 1 rings (SSSR count). The fourth-order valence-corrected chi connectivity index (χ4v) is 1.52. The third kappa shape index (κ3) is 4.45. The minimum absolute atomic E-state index is 0.585. The Hall–Kier alpha value is -1.13. The summed E-state index contributed by atoms with van der Waals surface area (Å²) in [5, 5.41) is 15.5. The van der Waals surface area contributed by atoms with Gasteiger partial charge in [0.05, 0.1) is 0 Å². The van der Waals surface area contributed by atoms with Gasteiger partial charge < -0.3 is 10.4 Å². The smallest absolute Gasteiger partial charge is 0.328 e. The Morgan fingerprint density at radius 3 is 3.15 bits per heavy atom. The highest BCUT2D eigenvalue weighted by atomic mass is 32.1. The van der Waals surface area contributed by atoms with Crippen LogP contribution in [0.5, 0.6) is 0 Å².